The molecule has 34 heavy (non-hydrogen) atoms. The van der Waals surface area contributed by atoms with Crippen molar-refractivity contribution in [3.63, 3.8) is 0 Å². The third-order valence-electron chi connectivity index (χ3n) is 6.33. The SMILES string of the molecule is COc1ccccc1CNC(=O)C1CCCN(c2ncnc3nn(-c4ccc(C)cc4)cc23)C1. The Morgan fingerprint density at radius 3 is 2.79 bits per heavy atom. The zero-order valence-electron chi connectivity index (χ0n) is 19.4. The summed E-state index contributed by atoms with van der Waals surface area (Å²) in [7, 11) is 1.64. The van der Waals surface area contributed by atoms with Gasteiger partial charge in [0.15, 0.2) is 5.65 Å². The second-order valence-corrected chi connectivity index (χ2v) is 8.66. The van der Waals surface area contributed by atoms with Crippen molar-refractivity contribution in [1.29, 1.82) is 0 Å². The topological polar surface area (TPSA) is 85.2 Å². The molecule has 1 saturated heterocycles. The van der Waals surface area contributed by atoms with Crippen LogP contribution in [0.25, 0.3) is 16.7 Å². The highest BCUT2D eigenvalue weighted by molar-refractivity contribution is 5.87. The maximum Gasteiger partial charge on any atom is 0.225 e. The lowest BCUT2D eigenvalue weighted by Gasteiger charge is -2.33. The van der Waals surface area contributed by atoms with Gasteiger partial charge in [-0.3, -0.25) is 4.79 Å². The van der Waals surface area contributed by atoms with E-state index >= 15 is 0 Å². The largest absolute Gasteiger partial charge is 0.496 e. The molecule has 1 amide bonds. The number of nitrogens with one attached hydrogen (secondary N) is 1. The summed E-state index contributed by atoms with van der Waals surface area (Å²) in [5.74, 6) is 1.55. The minimum atomic E-state index is -0.111. The van der Waals surface area contributed by atoms with E-state index in [9.17, 15) is 4.79 Å². The van der Waals surface area contributed by atoms with E-state index in [1.54, 1.807) is 13.4 Å². The van der Waals surface area contributed by atoms with Gasteiger partial charge >= 0.3 is 0 Å². The van der Waals surface area contributed by atoms with Crippen LogP contribution in [0.3, 0.4) is 0 Å². The minimum Gasteiger partial charge on any atom is -0.496 e. The number of fused-ring (bicyclic) bond motifs is 1. The minimum absolute atomic E-state index is 0.0521. The molecule has 0 bridgehead atoms. The summed E-state index contributed by atoms with van der Waals surface area (Å²) in [6.45, 7) is 3.96. The predicted octanol–water partition coefficient (Wildman–Crippen LogP) is 3.67. The molecule has 174 valence electrons. The van der Waals surface area contributed by atoms with Crippen LogP contribution in [0, 0.1) is 12.8 Å². The highest BCUT2D eigenvalue weighted by Crippen LogP contribution is 2.28. The summed E-state index contributed by atoms with van der Waals surface area (Å²) in [6.07, 6.45) is 5.30. The lowest BCUT2D eigenvalue weighted by molar-refractivity contribution is -0.125. The lowest BCUT2D eigenvalue weighted by atomic mass is 9.97. The number of ether oxygens (including phenoxy) is 1. The summed E-state index contributed by atoms with van der Waals surface area (Å²) >= 11 is 0. The monoisotopic (exact) mass is 456 g/mol. The zero-order chi connectivity index (χ0) is 23.5. The molecule has 5 rings (SSSR count). The molecule has 1 N–H and O–H groups in total. The van der Waals surface area contributed by atoms with E-state index in [0.717, 1.165) is 47.6 Å². The predicted molar refractivity (Wildman–Crippen MR) is 131 cm³/mol. The maximum absolute atomic E-state index is 13.0. The Morgan fingerprint density at radius 2 is 1.97 bits per heavy atom. The molecule has 4 aromatic rings. The number of hydrogen-bond donors (Lipinski definition) is 1. The van der Waals surface area contributed by atoms with Gasteiger partial charge in [0, 0.05) is 31.4 Å². The van der Waals surface area contributed by atoms with E-state index in [-0.39, 0.29) is 11.8 Å². The molecule has 8 nitrogen and oxygen atoms in total. The van der Waals surface area contributed by atoms with Crippen LogP contribution < -0.4 is 15.0 Å². The first kappa shape index (κ1) is 21.9. The molecule has 2 aromatic carbocycles. The van der Waals surface area contributed by atoms with Gasteiger partial charge in [-0.1, -0.05) is 35.9 Å². The fourth-order valence-electron chi connectivity index (χ4n) is 4.47. The highest BCUT2D eigenvalue weighted by Gasteiger charge is 2.28. The second-order valence-electron chi connectivity index (χ2n) is 8.66. The van der Waals surface area contributed by atoms with Crippen LogP contribution in [0.4, 0.5) is 5.82 Å². The molecule has 0 saturated carbocycles. The first-order valence-electron chi connectivity index (χ1n) is 11.5. The van der Waals surface area contributed by atoms with Crippen molar-refractivity contribution in [3.05, 3.63) is 72.2 Å². The molecule has 0 aliphatic carbocycles. The summed E-state index contributed by atoms with van der Waals surface area (Å²) in [5.41, 5.74) is 3.78. The molecule has 1 fully saturated rings. The Balaban J connectivity index is 1.32. The smallest absolute Gasteiger partial charge is 0.225 e. The van der Waals surface area contributed by atoms with Gasteiger partial charge in [0.2, 0.25) is 5.91 Å². The Labute approximate surface area is 198 Å². The average molecular weight is 457 g/mol. The number of benzene rings is 2. The second kappa shape index (κ2) is 9.51. The molecule has 1 aliphatic heterocycles. The number of nitrogens with zero attached hydrogens (tertiary/aromatic N) is 5. The van der Waals surface area contributed by atoms with E-state index < -0.39 is 0 Å². The third kappa shape index (κ3) is 4.44. The normalized spacial score (nSPS) is 15.9. The van der Waals surface area contributed by atoms with E-state index in [4.69, 9.17) is 4.74 Å². The summed E-state index contributed by atoms with van der Waals surface area (Å²) in [5, 5.41) is 8.62. The number of carbonyl (C=O) groups is 1. The van der Waals surface area contributed by atoms with Gasteiger partial charge in [-0.25, -0.2) is 14.6 Å². The summed E-state index contributed by atoms with van der Waals surface area (Å²) in [4.78, 5) is 24.1. The fraction of sp³-hybridized carbons (Fsp3) is 0.308. The molecular formula is C26H28N6O2. The molecule has 3 heterocycles. The van der Waals surface area contributed by atoms with Gasteiger partial charge in [-0.05, 0) is 38.0 Å². The van der Waals surface area contributed by atoms with E-state index in [2.05, 4.69) is 44.3 Å². The van der Waals surface area contributed by atoms with Gasteiger partial charge in [0.05, 0.1) is 24.1 Å². The molecule has 0 radical (unpaired) electrons. The first-order valence-corrected chi connectivity index (χ1v) is 11.5. The Bertz CT molecular complexity index is 1300. The number of methoxy groups -OCH3 is 1. The van der Waals surface area contributed by atoms with Crippen molar-refractivity contribution in [2.24, 2.45) is 5.92 Å². The highest BCUT2D eigenvalue weighted by atomic mass is 16.5. The number of anilines is 1. The number of aromatic nitrogens is 4. The Morgan fingerprint density at radius 1 is 1.15 bits per heavy atom. The Kier molecular flexibility index (Phi) is 6.12. The maximum atomic E-state index is 13.0. The standard InChI is InChI=1S/C26H28N6O2/c1-18-9-11-21(12-10-18)32-16-22-24(30-32)28-17-29-25(22)31-13-5-7-20(15-31)26(33)27-14-19-6-3-4-8-23(19)34-2/h3-4,6,8-12,16-17,20H,5,7,13-15H2,1-2H3,(H,27,33). The molecule has 1 aliphatic rings. The quantitative estimate of drug-likeness (QED) is 0.477. The molecule has 0 spiro atoms. The fourth-order valence-corrected chi connectivity index (χ4v) is 4.47. The molecular weight excluding hydrogens is 428 g/mol. The van der Waals surface area contributed by atoms with Crippen LogP contribution in [0.1, 0.15) is 24.0 Å². The molecule has 8 heteroatoms. The molecule has 1 atom stereocenters. The summed E-state index contributed by atoms with van der Waals surface area (Å²) < 4.78 is 7.23. The molecule has 2 aromatic heterocycles. The number of carbonyl (C=O) groups excluding carboxylic acids is 1. The van der Waals surface area contributed by atoms with E-state index in [0.29, 0.717) is 18.7 Å². The van der Waals surface area contributed by atoms with Crippen LogP contribution in [-0.2, 0) is 11.3 Å². The first-order chi connectivity index (χ1) is 16.6. The molecule has 1 unspecified atom stereocenters. The van der Waals surface area contributed by atoms with Gasteiger partial charge in [-0.15, -0.1) is 5.10 Å². The van der Waals surface area contributed by atoms with Crippen molar-refractivity contribution in [3.8, 4) is 11.4 Å². The van der Waals surface area contributed by atoms with Crippen LogP contribution >= 0.6 is 0 Å². The van der Waals surface area contributed by atoms with Gasteiger partial charge in [-0.2, -0.15) is 0 Å². The van der Waals surface area contributed by atoms with Crippen LogP contribution in [0.15, 0.2) is 61.1 Å². The van der Waals surface area contributed by atoms with E-state index in [1.165, 1.54) is 5.56 Å². The van der Waals surface area contributed by atoms with Crippen molar-refractivity contribution < 1.29 is 9.53 Å². The van der Waals surface area contributed by atoms with Gasteiger partial charge in [0.25, 0.3) is 0 Å². The Hall–Kier alpha value is -3.94. The van der Waals surface area contributed by atoms with E-state index in [1.807, 2.05) is 47.3 Å². The van der Waals surface area contributed by atoms with Crippen LogP contribution in [-0.4, -0.2) is 45.9 Å². The van der Waals surface area contributed by atoms with Crippen molar-refractivity contribution >= 4 is 22.8 Å². The van der Waals surface area contributed by atoms with Crippen molar-refractivity contribution in [2.45, 2.75) is 26.3 Å². The number of rotatable bonds is 6. The number of aryl methyl sites for hydroxylation is 1. The number of para-hydroxylation sites is 1. The van der Waals surface area contributed by atoms with Gasteiger partial charge in [0.1, 0.15) is 17.9 Å². The lowest BCUT2D eigenvalue weighted by Crippen LogP contribution is -2.43. The summed E-state index contributed by atoms with van der Waals surface area (Å²) in [6, 6.07) is 15.9. The number of amides is 1. The zero-order valence-corrected chi connectivity index (χ0v) is 19.4. The van der Waals surface area contributed by atoms with Gasteiger partial charge < -0.3 is 15.0 Å². The third-order valence-corrected chi connectivity index (χ3v) is 6.33. The number of hydrogen-bond acceptors (Lipinski definition) is 6. The van der Waals surface area contributed by atoms with Crippen LogP contribution in [0.5, 0.6) is 5.75 Å². The average Bonchev–Trinajstić information content (AvgIpc) is 3.32. The van der Waals surface area contributed by atoms with Crippen molar-refractivity contribution in [1.82, 2.24) is 25.1 Å². The number of piperidine rings is 1. The van der Waals surface area contributed by atoms with Crippen LogP contribution in [0.2, 0.25) is 0 Å². The van der Waals surface area contributed by atoms with Crippen molar-refractivity contribution in [2.75, 3.05) is 25.1 Å².